The Hall–Kier alpha value is -0.860. The molecular formula is C13H22O3. The van der Waals surface area contributed by atoms with Crippen LogP contribution >= 0.6 is 0 Å². The summed E-state index contributed by atoms with van der Waals surface area (Å²) in [5, 5.41) is 8.57. The number of carbonyl (C=O) groups excluding carboxylic acids is 1. The summed E-state index contributed by atoms with van der Waals surface area (Å²) in [6.45, 7) is 6.70. The van der Waals surface area contributed by atoms with Gasteiger partial charge in [-0.15, -0.1) is 0 Å². The zero-order valence-corrected chi connectivity index (χ0v) is 10.5. The maximum Gasteiger partial charge on any atom is 0.310 e. The van der Waals surface area contributed by atoms with Crippen LogP contribution in [0.2, 0.25) is 0 Å². The Balaban J connectivity index is 2.43. The molecule has 1 fully saturated rings. The van der Waals surface area contributed by atoms with Crippen molar-refractivity contribution >= 4 is 11.8 Å². The van der Waals surface area contributed by atoms with Crippen molar-refractivity contribution in [1.82, 2.24) is 0 Å². The normalized spacial score (nSPS) is 26.4. The van der Waals surface area contributed by atoms with Crippen molar-refractivity contribution in [3.63, 3.8) is 0 Å². The van der Waals surface area contributed by atoms with Gasteiger partial charge in [0.25, 0.3) is 0 Å². The molecule has 0 atom stereocenters. The molecule has 0 aromatic heterocycles. The molecule has 16 heavy (non-hydrogen) atoms. The van der Waals surface area contributed by atoms with Crippen LogP contribution in [0.1, 0.15) is 52.9 Å². The topological polar surface area (TPSA) is 54.4 Å². The van der Waals surface area contributed by atoms with E-state index in [1.54, 1.807) is 0 Å². The summed E-state index contributed by atoms with van der Waals surface area (Å²) in [6, 6.07) is 0. The number of carboxylic acid groups (broad SMARTS) is 1. The Bertz CT molecular complexity index is 267. The highest BCUT2D eigenvalue weighted by Gasteiger charge is 2.32. The van der Waals surface area contributed by atoms with Crippen LogP contribution in [0, 0.1) is 17.3 Å². The Morgan fingerprint density at radius 3 is 2.00 bits per heavy atom. The maximum atomic E-state index is 11.6. The van der Waals surface area contributed by atoms with Crippen molar-refractivity contribution in [2.75, 3.05) is 0 Å². The molecule has 0 heterocycles. The average Bonchev–Trinajstić information content (AvgIpc) is 2.15. The lowest BCUT2D eigenvalue weighted by Gasteiger charge is -2.36. The lowest BCUT2D eigenvalue weighted by Crippen LogP contribution is -2.29. The van der Waals surface area contributed by atoms with Gasteiger partial charge in [0, 0.05) is 5.92 Å². The Morgan fingerprint density at radius 1 is 1.12 bits per heavy atom. The number of ketones is 1. The summed E-state index contributed by atoms with van der Waals surface area (Å²) in [4.78, 5) is 22.0. The molecule has 3 heteroatoms. The van der Waals surface area contributed by atoms with Gasteiger partial charge < -0.3 is 5.11 Å². The molecule has 0 aromatic carbocycles. The van der Waals surface area contributed by atoms with E-state index in [9.17, 15) is 9.59 Å². The number of Topliss-reactive ketones (excluding diaryl/α,β-unsaturated/α-hetero) is 1. The lowest BCUT2D eigenvalue weighted by molar-refractivity contribution is -0.141. The van der Waals surface area contributed by atoms with Gasteiger partial charge in [0.1, 0.15) is 12.2 Å². The van der Waals surface area contributed by atoms with Gasteiger partial charge in [-0.2, -0.15) is 0 Å². The second kappa shape index (κ2) is 4.98. The minimum absolute atomic E-state index is 0.00491. The van der Waals surface area contributed by atoms with Crippen molar-refractivity contribution in [3.05, 3.63) is 0 Å². The van der Waals surface area contributed by atoms with Crippen molar-refractivity contribution in [2.45, 2.75) is 52.9 Å². The molecule has 0 saturated heterocycles. The predicted octanol–water partition coefficient (Wildman–Crippen LogP) is 2.88. The van der Waals surface area contributed by atoms with Crippen molar-refractivity contribution in [3.8, 4) is 0 Å². The highest BCUT2D eigenvalue weighted by atomic mass is 16.4. The summed E-state index contributed by atoms with van der Waals surface area (Å²) < 4.78 is 0. The molecule has 1 aliphatic carbocycles. The van der Waals surface area contributed by atoms with Crippen LogP contribution in [0.25, 0.3) is 0 Å². The first-order valence-corrected chi connectivity index (χ1v) is 6.05. The third-order valence-electron chi connectivity index (χ3n) is 3.73. The van der Waals surface area contributed by atoms with E-state index in [1.165, 1.54) is 0 Å². The molecule has 1 saturated carbocycles. The molecule has 0 aliphatic heterocycles. The van der Waals surface area contributed by atoms with Gasteiger partial charge in [-0.1, -0.05) is 20.8 Å². The average molecular weight is 226 g/mol. The fourth-order valence-corrected chi connectivity index (χ4v) is 2.57. The quantitative estimate of drug-likeness (QED) is 0.753. The Morgan fingerprint density at radius 2 is 1.62 bits per heavy atom. The fourth-order valence-electron chi connectivity index (χ4n) is 2.57. The van der Waals surface area contributed by atoms with Crippen LogP contribution in [-0.4, -0.2) is 16.9 Å². The van der Waals surface area contributed by atoms with E-state index in [0.717, 1.165) is 25.7 Å². The van der Waals surface area contributed by atoms with E-state index in [2.05, 4.69) is 20.8 Å². The number of hydrogen-bond donors (Lipinski definition) is 1. The summed E-state index contributed by atoms with van der Waals surface area (Å²) in [6.07, 6.45) is 3.55. The number of carboxylic acids is 1. The summed E-state index contributed by atoms with van der Waals surface area (Å²) >= 11 is 0. The standard InChI is InChI=1S/C13H22O3/c1-13(2,3)10-6-4-9(5-7-10)11(14)8-12(15)16/h9-10H,4-8H2,1-3H3,(H,15,16). The predicted molar refractivity (Wildman–Crippen MR) is 62.2 cm³/mol. The van der Waals surface area contributed by atoms with Crippen molar-refractivity contribution in [1.29, 1.82) is 0 Å². The Labute approximate surface area is 97.2 Å². The van der Waals surface area contributed by atoms with Gasteiger partial charge in [0.2, 0.25) is 0 Å². The molecule has 0 bridgehead atoms. The molecule has 92 valence electrons. The minimum atomic E-state index is -0.997. The largest absolute Gasteiger partial charge is 0.481 e. The highest BCUT2D eigenvalue weighted by Crippen LogP contribution is 2.40. The molecule has 0 unspecified atom stereocenters. The fraction of sp³-hybridized carbons (Fsp3) is 0.846. The number of aliphatic carboxylic acids is 1. The second-order valence-electron chi connectivity index (χ2n) is 5.95. The van der Waals surface area contributed by atoms with Crippen LogP contribution < -0.4 is 0 Å². The van der Waals surface area contributed by atoms with Crippen LogP contribution in [0.3, 0.4) is 0 Å². The molecule has 0 spiro atoms. The van der Waals surface area contributed by atoms with Gasteiger partial charge in [-0.3, -0.25) is 9.59 Å². The number of carbonyl (C=O) groups is 2. The van der Waals surface area contributed by atoms with Gasteiger partial charge in [-0.25, -0.2) is 0 Å². The Kier molecular flexibility index (Phi) is 4.11. The first-order valence-electron chi connectivity index (χ1n) is 6.05. The zero-order valence-electron chi connectivity index (χ0n) is 10.5. The van der Waals surface area contributed by atoms with E-state index in [4.69, 9.17) is 5.11 Å². The summed E-state index contributed by atoms with van der Waals surface area (Å²) in [5.41, 5.74) is 0.306. The van der Waals surface area contributed by atoms with E-state index < -0.39 is 5.97 Å². The SMILES string of the molecule is CC(C)(C)C1CCC(C(=O)CC(=O)O)CC1. The van der Waals surface area contributed by atoms with E-state index >= 15 is 0 Å². The molecule has 1 rings (SSSR count). The van der Waals surface area contributed by atoms with Gasteiger partial charge in [0.05, 0.1) is 0 Å². The molecular weight excluding hydrogens is 204 g/mol. The summed E-state index contributed by atoms with van der Waals surface area (Å²) in [7, 11) is 0. The monoisotopic (exact) mass is 226 g/mol. The van der Waals surface area contributed by atoms with Gasteiger partial charge in [-0.05, 0) is 37.0 Å². The van der Waals surface area contributed by atoms with Gasteiger partial charge in [0.15, 0.2) is 0 Å². The number of hydrogen-bond acceptors (Lipinski definition) is 2. The highest BCUT2D eigenvalue weighted by molar-refractivity contribution is 5.96. The van der Waals surface area contributed by atoms with Crippen LogP contribution in [0.4, 0.5) is 0 Å². The molecule has 1 aliphatic rings. The zero-order chi connectivity index (χ0) is 12.3. The lowest BCUT2D eigenvalue weighted by atomic mass is 9.69. The third kappa shape index (κ3) is 3.62. The third-order valence-corrected chi connectivity index (χ3v) is 3.73. The first kappa shape index (κ1) is 13.2. The molecule has 3 nitrogen and oxygen atoms in total. The van der Waals surface area contributed by atoms with Crippen molar-refractivity contribution < 1.29 is 14.7 Å². The second-order valence-corrected chi connectivity index (χ2v) is 5.95. The molecule has 0 aromatic rings. The number of rotatable bonds is 3. The smallest absolute Gasteiger partial charge is 0.310 e. The van der Waals surface area contributed by atoms with Crippen molar-refractivity contribution in [2.24, 2.45) is 17.3 Å². The van der Waals surface area contributed by atoms with Crippen LogP contribution in [0.15, 0.2) is 0 Å². The molecule has 1 N–H and O–H groups in total. The van der Waals surface area contributed by atoms with E-state index in [1.807, 2.05) is 0 Å². The van der Waals surface area contributed by atoms with E-state index in [0.29, 0.717) is 11.3 Å². The van der Waals surface area contributed by atoms with Crippen LogP contribution in [-0.2, 0) is 9.59 Å². The van der Waals surface area contributed by atoms with Crippen LogP contribution in [0.5, 0.6) is 0 Å². The summed E-state index contributed by atoms with van der Waals surface area (Å²) in [5.74, 6) is -0.418. The first-order chi connectivity index (χ1) is 7.30. The maximum absolute atomic E-state index is 11.6. The van der Waals surface area contributed by atoms with Gasteiger partial charge >= 0.3 is 5.97 Å². The minimum Gasteiger partial charge on any atom is -0.481 e. The molecule has 0 amide bonds. The van der Waals surface area contributed by atoms with E-state index in [-0.39, 0.29) is 18.1 Å². The molecule has 0 radical (unpaired) electrons.